The largest absolute Gasteiger partial charge is 0.495 e. The average Bonchev–Trinajstić information content (AvgIpc) is 2.68. The molecule has 2 rings (SSSR count). The van der Waals surface area contributed by atoms with Crippen LogP contribution in [-0.2, 0) is 14.3 Å². The molecule has 11 nitrogen and oxygen atoms in total. The maximum Gasteiger partial charge on any atom is 0.326 e. The van der Waals surface area contributed by atoms with Crippen LogP contribution in [0.2, 0.25) is 0 Å². The van der Waals surface area contributed by atoms with Crippen molar-refractivity contribution in [1.29, 1.82) is 0 Å². The summed E-state index contributed by atoms with van der Waals surface area (Å²) in [6.07, 6.45) is 1.93. The minimum absolute atomic E-state index is 0.0967. The number of carbonyl (C=O) groups is 2. The predicted molar refractivity (Wildman–Crippen MR) is 99.1 cm³/mol. The Labute approximate surface area is 160 Å². The number of methoxy groups -OCH3 is 1. The summed E-state index contributed by atoms with van der Waals surface area (Å²) >= 11 is 0. The van der Waals surface area contributed by atoms with Gasteiger partial charge in [0.2, 0.25) is 5.95 Å². The molecule has 1 amide bonds. The van der Waals surface area contributed by atoms with E-state index in [1.54, 1.807) is 13.1 Å². The maximum absolute atomic E-state index is 12.3. The quantitative estimate of drug-likeness (QED) is 0.403. The van der Waals surface area contributed by atoms with Gasteiger partial charge in [0.1, 0.15) is 12.3 Å². The van der Waals surface area contributed by atoms with Crippen LogP contribution in [0.25, 0.3) is 0 Å². The van der Waals surface area contributed by atoms with Crippen LogP contribution in [0.3, 0.4) is 0 Å². The number of nitrogens with zero attached hydrogens (tertiary/aromatic N) is 4. The highest BCUT2D eigenvalue weighted by Gasteiger charge is 2.21. The minimum atomic E-state index is -1.14. The number of nitro groups is 1. The Morgan fingerprint density at radius 2 is 2.00 bits per heavy atom. The smallest absolute Gasteiger partial charge is 0.326 e. The van der Waals surface area contributed by atoms with Crippen LogP contribution in [0.5, 0.6) is 5.75 Å². The van der Waals surface area contributed by atoms with Crippen molar-refractivity contribution in [3.63, 3.8) is 0 Å². The molecular formula is C17H19N5O6. The van der Waals surface area contributed by atoms with E-state index in [0.717, 1.165) is 6.07 Å². The first-order chi connectivity index (χ1) is 13.3. The molecule has 28 heavy (non-hydrogen) atoms. The van der Waals surface area contributed by atoms with E-state index in [2.05, 4.69) is 15.3 Å². The van der Waals surface area contributed by atoms with Gasteiger partial charge >= 0.3 is 5.97 Å². The molecule has 0 bridgehead atoms. The van der Waals surface area contributed by atoms with Gasteiger partial charge in [-0.3, -0.25) is 19.7 Å². The second kappa shape index (κ2) is 9.26. The number of anilines is 2. The third kappa shape index (κ3) is 5.37. The molecule has 0 aliphatic rings. The van der Waals surface area contributed by atoms with Crippen molar-refractivity contribution in [2.24, 2.45) is 0 Å². The van der Waals surface area contributed by atoms with E-state index in [1.165, 1.54) is 43.5 Å². The van der Waals surface area contributed by atoms with Gasteiger partial charge in [-0.05, 0) is 19.1 Å². The van der Waals surface area contributed by atoms with Gasteiger partial charge in [0.15, 0.2) is 6.10 Å². The molecular weight excluding hydrogens is 370 g/mol. The Balaban J connectivity index is 1.98. The molecule has 0 radical (unpaired) electrons. The average molecular weight is 389 g/mol. The van der Waals surface area contributed by atoms with Crippen molar-refractivity contribution >= 4 is 29.2 Å². The van der Waals surface area contributed by atoms with E-state index in [9.17, 15) is 19.7 Å². The van der Waals surface area contributed by atoms with Gasteiger partial charge in [-0.15, -0.1) is 0 Å². The zero-order valence-electron chi connectivity index (χ0n) is 15.5. The van der Waals surface area contributed by atoms with Crippen LogP contribution in [0.4, 0.5) is 17.3 Å². The molecule has 1 aromatic carbocycles. The molecule has 148 valence electrons. The Kier molecular flexibility index (Phi) is 6.79. The Bertz CT molecular complexity index is 860. The second-order valence-electron chi connectivity index (χ2n) is 5.67. The summed E-state index contributed by atoms with van der Waals surface area (Å²) < 4.78 is 10.2. The van der Waals surface area contributed by atoms with Gasteiger partial charge in [0, 0.05) is 31.6 Å². The van der Waals surface area contributed by atoms with Crippen molar-refractivity contribution in [1.82, 2.24) is 9.97 Å². The molecule has 0 aliphatic carbocycles. The Morgan fingerprint density at radius 1 is 1.32 bits per heavy atom. The van der Waals surface area contributed by atoms with Gasteiger partial charge in [0.25, 0.3) is 11.6 Å². The first-order valence-electron chi connectivity index (χ1n) is 8.12. The third-order valence-electron chi connectivity index (χ3n) is 3.59. The molecule has 1 N–H and O–H groups in total. The number of hydrogen-bond donors (Lipinski definition) is 1. The molecule has 0 aliphatic heterocycles. The summed E-state index contributed by atoms with van der Waals surface area (Å²) in [7, 11) is 2.97. The van der Waals surface area contributed by atoms with Crippen LogP contribution in [0.15, 0.2) is 36.7 Å². The van der Waals surface area contributed by atoms with Gasteiger partial charge in [0.05, 0.1) is 17.7 Å². The van der Waals surface area contributed by atoms with Gasteiger partial charge < -0.3 is 19.7 Å². The van der Waals surface area contributed by atoms with E-state index in [0.29, 0.717) is 5.95 Å². The lowest BCUT2D eigenvalue weighted by molar-refractivity contribution is -0.384. The molecule has 1 aromatic heterocycles. The zero-order valence-corrected chi connectivity index (χ0v) is 15.5. The SMILES string of the molecule is COc1ccc([N+](=O)[O-])cc1NC(=O)C(C)OC(=O)CN(C)c1ncccn1. The lowest BCUT2D eigenvalue weighted by Crippen LogP contribution is -2.35. The van der Waals surface area contributed by atoms with E-state index >= 15 is 0 Å². The highest BCUT2D eigenvalue weighted by atomic mass is 16.6. The molecule has 1 atom stereocenters. The number of nitrogens with one attached hydrogen (secondary N) is 1. The molecule has 1 heterocycles. The maximum atomic E-state index is 12.3. The number of hydrogen-bond acceptors (Lipinski definition) is 9. The van der Waals surface area contributed by atoms with Crippen LogP contribution in [0.1, 0.15) is 6.92 Å². The standard InChI is InChI=1S/C17H19N5O6/c1-11(28-15(23)10-21(2)17-18-7-4-8-19-17)16(24)20-13-9-12(22(25)26)5-6-14(13)27-3/h4-9,11H,10H2,1-3H3,(H,20,24). The normalized spacial score (nSPS) is 11.2. The Morgan fingerprint density at radius 3 is 2.61 bits per heavy atom. The number of amides is 1. The van der Waals surface area contributed by atoms with Crippen molar-refractivity contribution in [2.45, 2.75) is 13.0 Å². The van der Waals surface area contributed by atoms with Crippen molar-refractivity contribution in [2.75, 3.05) is 30.9 Å². The molecule has 1 unspecified atom stereocenters. The summed E-state index contributed by atoms with van der Waals surface area (Å²) in [5, 5.41) is 13.4. The number of esters is 1. The van der Waals surface area contributed by atoms with Gasteiger partial charge in [-0.2, -0.15) is 0 Å². The van der Waals surface area contributed by atoms with E-state index in [1.807, 2.05) is 0 Å². The lowest BCUT2D eigenvalue weighted by Gasteiger charge is -2.18. The number of carbonyl (C=O) groups excluding carboxylic acids is 2. The van der Waals surface area contributed by atoms with Crippen molar-refractivity contribution in [3.05, 3.63) is 46.8 Å². The summed E-state index contributed by atoms with van der Waals surface area (Å²) in [5.41, 5.74) is -0.121. The number of ether oxygens (including phenoxy) is 2. The highest BCUT2D eigenvalue weighted by Crippen LogP contribution is 2.29. The predicted octanol–water partition coefficient (Wildman–Crippen LogP) is 1.40. The topological polar surface area (TPSA) is 137 Å². The molecule has 11 heteroatoms. The first kappa shape index (κ1) is 20.6. The zero-order chi connectivity index (χ0) is 20.7. The summed E-state index contributed by atoms with van der Waals surface area (Å²) in [6.45, 7) is 1.22. The van der Waals surface area contributed by atoms with E-state index in [-0.39, 0.29) is 23.7 Å². The molecule has 0 saturated heterocycles. The number of benzene rings is 1. The van der Waals surface area contributed by atoms with Crippen LogP contribution in [0, 0.1) is 10.1 Å². The second-order valence-corrected chi connectivity index (χ2v) is 5.67. The fourth-order valence-electron chi connectivity index (χ4n) is 2.18. The fourth-order valence-corrected chi connectivity index (χ4v) is 2.18. The van der Waals surface area contributed by atoms with Crippen molar-refractivity contribution in [3.8, 4) is 5.75 Å². The lowest BCUT2D eigenvalue weighted by atomic mass is 10.2. The summed E-state index contributed by atoms with van der Waals surface area (Å²) in [4.78, 5) is 44.1. The van der Waals surface area contributed by atoms with Gasteiger partial charge in [-0.1, -0.05) is 0 Å². The molecule has 0 fully saturated rings. The third-order valence-corrected chi connectivity index (χ3v) is 3.59. The highest BCUT2D eigenvalue weighted by molar-refractivity contribution is 5.96. The molecule has 0 spiro atoms. The molecule has 0 saturated carbocycles. The van der Waals surface area contributed by atoms with Crippen LogP contribution < -0.4 is 15.0 Å². The monoisotopic (exact) mass is 389 g/mol. The van der Waals surface area contributed by atoms with Crippen molar-refractivity contribution < 1.29 is 24.0 Å². The first-order valence-corrected chi connectivity index (χ1v) is 8.12. The molecule has 2 aromatic rings. The van der Waals surface area contributed by atoms with E-state index < -0.39 is 22.9 Å². The van der Waals surface area contributed by atoms with E-state index in [4.69, 9.17) is 9.47 Å². The summed E-state index contributed by atoms with van der Waals surface area (Å²) in [6, 6.07) is 5.41. The number of aromatic nitrogens is 2. The number of rotatable bonds is 8. The fraction of sp³-hybridized carbons (Fsp3) is 0.294. The number of nitro benzene ring substituents is 1. The van der Waals surface area contributed by atoms with Crippen LogP contribution >= 0.6 is 0 Å². The van der Waals surface area contributed by atoms with Crippen LogP contribution in [-0.4, -0.2) is 53.6 Å². The summed E-state index contributed by atoms with van der Waals surface area (Å²) in [5.74, 6) is -0.759. The van der Waals surface area contributed by atoms with Gasteiger partial charge in [-0.25, -0.2) is 9.97 Å². The minimum Gasteiger partial charge on any atom is -0.495 e. The number of likely N-dealkylation sites (N-methyl/N-ethyl adjacent to an activating group) is 1. The number of non-ortho nitro benzene ring substituents is 1. The Hall–Kier alpha value is -3.76.